The van der Waals surface area contributed by atoms with Crippen molar-refractivity contribution in [2.45, 2.75) is 0 Å². The van der Waals surface area contributed by atoms with Crippen molar-refractivity contribution >= 4 is 11.8 Å². The predicted octanol–water partition coefficient (Wildman–Crippen LogP) is -2.35. The minimum Gasteiger partial charge on any atom is -0.347 e. The first-order valence-corrected chi connectivity index (χ1v) is 3.54. The zero-order valence-corrected chi connectivity index (χ0v) is 7.26. The Morgan fingerprint density at radius 1 is 1.33 bits per heavy atom. The van der Waals surface area contributed by atoms with Crippen LogP contribution in [0.2, 0.25) is 0 Å². The topological polar surface area (TPSA) is 87.5 Å². The van der Waals surface area contributed by atoms with Crippen LogP contribution in [0.3, 0.4) is 0 Å². The van der Waals surface area contributed by atoms with Crippen LogP contribution in [0.15, 0.2) is 0 Å². The van der Waals surface area contributed by atoms with Gasteiger partial charge in [-0.3, -0.25) is 15.0 Å². The molecule has 4 N–H and O–H groups in total. The third-order valence-corrected chi connectivity index (χ3v) is 0.961. The van der Waals surface area contributed by atoms with Gasteiger partial charge in [0, 0.05) is 27.2 Å². The molecule has 0 saturated heterocycles. The SMILES string of the molecule is CN(C)NC(=O)C(=O)NCCN. The van der Waals surface area contributed by atoms with E-state index in [1.54, 1.807) is 14.1 Å². The van der Waals surface area contributed by atoms with E-state index in [-0.39, 0.29) is 0 Å². The molecule has 0 heterocycles. The van der Waals surface area contributed by atoms with Crippen molar-refractivity contribution < 1.29 is 9.59 Å². The molecule has 70 valence electrons. The second-order valence-electron chi connectivity index (χ2n) is 2.38. The Hall–Kier alpha value is -1.14. The minimum atomic E-state index is -0.687. The summed E-state index contributed by atoms with van der Waals surface area (Å²) in [5.74, 6) is -1.36. The molecule has 0 spiro atoms. The zero-order valence-electron chi connectivity index (χ0n) is 7.26. The van der Waals surface area contributed by atoms with Crippen LogP contribution in [0.4, 0.5) is 0 Å². The number of carbonyl (C=O) groups excluding carboxylic acids is 2. The number of carbonyl (C=O) groups is 2. The Labute approximate surface area is 71.1 Å². The number of nitrogens with zero attached hydrogens (tertiary/aromatic N) is 1. The first kappa shape index (κ1) is 10.9. The van der Waals surface area contributed by atoms with Crippen molar-refractivity contribution in [3.63, 3.8) is 0 Å². The zero-order chi connectivity index (χ0) is 9.56. The van der Waals surface area contributed by atoms with Gasteiger partial charge in [-0.05, 0) is 0 Å². The van der Waals surface area contributed by atoms with Crippen LogP contribution in [0, 0.1) is 0 Å². The molecular formula is C6H14N4O2. The number of nitrogens with one attached hydrogen (secondary N) is 2. The van der Waals surface area contributed by atoms with Crippen molar-refractivity contribution in [3.05, 3.63) is 0 Å². The number of nitrogens with two attached hydrogens (primary N) is 1. The Morgan fingerprint density at radius 2 is 1.92 bits per heavy atom. The van der Waals surface area contributed by atoms with Gasteiger partial charge in [-0.25, -0.2) is 5.01 Å². The average molecular weight is 174 g/mol. The average Bonchev–Trinajstić information content (AvgIpc) is 1.98. The largest absolute Gasteiger partial charge is 0.347 e. The van der Waals surface area contributed by atoms with Gasteiger partial charge in [0.05, 0.1) is 0 Å². The van der Waals surface area contributed by atoms with Crippen LogP contribution in [-0.2, 0) is 9.59 Å². The molecule has 0 saturated carbocycles. The van der Waals surface area contributed by atoms with E-state index in [0.29, 0.717) is 13.1 Å². The lowest BCUT2D eigenvalue weighted by atomic mass is 10.5. The third kappa shape index (κ3) is 4.64. The summed E-state index contributed by atoms with van der Waals surface area (Å²) in [6.45, 7) is 0.626. The summed E-state index contributed by atoms with van der Waals surface area (Å²) in [6, 6.07) is 0. The van der Waals surface area contributed by atoms with E-state index in [1.165, 1.54) is 5.01 Å². The highest BCUT2D eigenvalue weighted by Gasteiger charge is 2.11. The molecule has 0 aliphatic heterocycles. The molecule has 0 fully saturated rings. The molecule has 0 unspecified atom stereocenters. The second kappa shape index (κ2) is 5.50. The molecular weight excluding hydrogens is 160 g/mol. The maximum absolute atomic E-state index is 10.9. The molecule has 0 aromatic carbocycles. The molecule has 6 heteroatoms. The van der Waals surface area contributed by atoms with E-state index in [0.717, 1.165) is 0 Å². The number of hydrogen-bond acceptors (Lipinski definition) is 4. The number of hydrazine groups is 1. The molecule has 0 aromatic rings. The van der Waals surface area contributed by atoms with Crippen LogP contribution in [-0.4, -0.2) is 44.0 Å². The minimum absolute atomic E-state index is 0.305. The first-order chi connectivity index (χ1) is 5.57. The van der Waals surface area contributed by atoms with Gasteiger partial charge in [-0.15, -0.1) is 0 Å². The maximum atomic E-state index is 10.9. The smallest absolute Gasteiger partial charge is 0.323 e. The van der Waals surface area contributed by atoms with Crippen LogP contribution < -0.4 is 16.5 Å². The van der Waals surface area contributed by atoms with Gasteiger partial charge in [0.1, 0.15) is 0 Å². The summed E-state index contributed by atoms with van der Waals surface area (Å²) in [5, 5.41) is 3.73. The van der Waals surface area contributed by atoms with Gasteiger partial charge in [-0.1, -0.05) is 0 Å². The van der Waals surface area contributed by atoms with Gasteiger partial charge in [-0.2, -0.15) is 0 Å². The normalized spacial score (nSPS) is 9.67. The first-order valence-electron chi connectivity index (χ1n) is 3.54. The predicted molar refractivity (Wildman–Crippen MR) is 43.9 cm³/mol. The van der Waals surface area contributed by atoms with E-state index >= 15 is 0 Å². The molecule has 12 heavy (non-hydrogen) atoms. The van der Waals surface area contributed by atoms with E-state index in [1.807, 2.05) is 0 Å². The third-order valence-electron chi connectivity index (χ3n) is 0.961. The highest BCUT2D eigenvalue weighted by atomic mass is 16.2. The van der Waals surface area contributed by atoms with Gasteiger partial charge in [0.2, 0.25) is 0 Å². The van der Waals surface area contributed by atoms with Crippen molar-refractivity contribution in [2.75, 3.05) is 27.2 Å². The van der Waals surface area contributed by atoms with Crippen molar-refractivity contribution in [1.82, 2.24) is 15.8 Å². The number of rotatable bonds is 3. The lowest BCUT2D eigenvalue weighted by Gasteiger charge is -2.10. The standard InChI is InChI=1S/C6H14N4O2/c1-10(2)9-6(12)5(11)8-4-3-7/h3-4,7H2,1-2H3,(H,8,11)(H,9,12). The van der Waals surface area contributed by atoms with Crippen molar-refractivity contribution in [1.29, 1.82) is 0 Å². The summed E-state index contributed by atoms with van der Waals surface area (Å²) >= 11 is 0. The second-order valence-corrected chi connectivity index (χ2v) is 2.38. The summed E-state index contributed by atoms with van der Waals surface area (Å²) in [6.07, 6.45) is 0. The lowest BCUT2D eigenvalue weighted by molar-refractivity contribution is -0.141. The highest BCUT2D eigenvalue weighted by molar-refractivity contribution is 6.34. The molecule has 2 amide bonds. The van der Waals surface area contributed by atoms with Crippen LogP contribution in [0.1, 0.15) is 0 Å². The molecule has 0 aliphatic carbocycles. The quantitative estimate of drug-likeness (QED) is 0.330. The molecule has 0 aliphatic rings. The van der Waals surface area contributed by atoms with Crippen LogP contribution >= 0.6 is 0 Å². The van der Waals surface area contributed by atoms with E-state index in [9.17, 15) is 9.59 Å². The monoisotopic (exact) mass is 174 g/mol. The van der Waals surface area contributed by atoms with Gasteiger partial charge >= 0.3 is 11.8 Å². The van der Waals surface area contributed by atoms with E-state index in [4.69, 9.17) is 5.73 Å². The van der Waals surface area contributed by atoms with Gasteiger partial charge in [0.15, 0.2) is 0 Å². The van der Waals surface area contributed by atoms with Crippen LogP contribution in [0.25, 0.3) is 0 Å². The van der Waals surface area contributed by atoms with Crippen molar-refractivity contribution in [3.8, 4) is 0 Å². The Balaban J connectivity index is 3.70. The van der Waals surface area contributed by atoms with Crippen molar-refractivity contribution in [2.24, 2.45) is 5.73 Å². The Bertz CT molecular complexity index is 169. The fraction of sp³-hybridized carbons (Fsp3) is 0.667. The molecule has 0 radical (unpaired) electrons. The summed E-state index contributed by atoms with van der Waals surface area (Å²) in [5.41, 5.74) is 7.41. The maximum Gasteiger partial charge on any atom is 0.323 e. The highest BCUT2D eigenvalue weighted by Crippen LogP contribution is 1.69. The van der Waals surface area contributed by atoms with Crippen LogP contribution in [0.5, 0.6) is 0 Å². The Kier molecular flexibility index (Phi) is 4.98. The molecule has 6 nitrogen and oxygen atoms in total. The number of hydrogen-bond donors (Lipinski definition) is 3. The Morgan fingerprint density at radius 3 is 2.33 bits per heavy atom. The van der Waals surface area contributed by atoms with E-state index < -0.39 is 11.8 Å². The van der Waals surface area contributed by atoms with Gasteiger partial charge in [0.25, 0.3) is 0 Å². The summed E-state index contributed by atoms with van der Waals surface area (Å²) < 4.78 is 0. The summed E-state index contributed by atoms with van der Waals surface area (Å²) in [7, 11) is 3.24. The fourth-order valence-electron chi connectivity index (χ4n) is 0.520. The fourth-order valence-corrected chi connectivity index (χ4v) is 0.520. The van der Waals surface area contributed by atoms with Gasteiger partial charge < -0.3 is 11.1 Å². The lowest BCUT2D eigenvalue weighted by Crippen LogP contribution is -2.46. The number of amides is 2. The van der Waals surface area contributed by atoms with E-state index in [2.05, 4.69) is 10.7 Å². The molecule has 0 aromatic heterocycles. The molecule has 0 rings (SSSR count). The molecule has 0 atom stereocenters. The molecule has 0 bridgehead atoms. The summed E-state index contributed by atoms with van der Waals surface area (Å²) in [4.78, 5) is 21.7.